The van der Waals surface area contributed by atoms with Crippen molar-refractivity contribution in [3.05, 3.63) is 65.7 Å². The fourth-order valence-electron chi connectivity index (χ4n) is 3.68. The first-order valence-electron chi connectivity index (χ1n) is 10.3. The molecule has 1 atom stereocenters. The number of benzene rings is 2. The molecular formula is C24H28F3NO3. The Balaban J connectivity index is 1.85. The molecule has 1 unspecified atom stereocenters. The van der Waals surface area contributed by atoms with Gasteiger partial charge >= 0.3 is 12.1 Å². The molecule has 168 valence electrons. The summed E-state index contributed by atoms with van der Waals surface area (Å²) in [6, 6.07) is 14.3. The van der Waals surface area contributed by atoms with Gasteiger partial charge in [0.1, 0.15) is 11.4 Å². The number of esters is 1. The van der Waals surface area contributed by atoms with Gasteiger partial charge in [0.25, 0.3) is 0 Å². The third-order valence-electron chi connectivity index (χ3n) is 5.05. The molecule has 0 bridgehead atoms. The van der Waals surface area contributed by atoms with Crippen molar-refractivity contribution in [2.45, 2.75) is 57.5 Å². The molecule has 1 aliphatic rings. The van der Waals surface area contributed by atoms with Crippen LogP contribution in [0, 0.1) is 0 Å². The summed E-state index contributed by atoms with van der Waals surface area (Å²) < 4.78 is 50.5. The summed E-state index contributed by atoms with van der Waals surface area (Å²) in [5.74, 6) is -0.293. The maximum Gasteiger partial charge on any atom is 0.416 e. The summed E-state index contributed by atoms with van der Waals surface area (Å²) in [7, 11) is 0. The number of hydrogen-bond acceptors (Lipinski definition) is 4. The number of piperidine rings is 1. The van der Waals surface area contributed by atoms with Crippen molar-refractivity contribution in [2.24, 2.45) is 0 Å². The summed E-state index contributed by atoms with van der Waals surface area (Å²) in [6.45, 7) is 7.05. The summed E-state index contributed by atoms with van der Waals surface area (Å²) >= 11 is 0. The third kappa shape index (κ3) is 6.23. The van der Waals surface area contributed by atoms with Gasteiger partial charge in [0, 0.05) is 19.5 Å². The first-order valence-corrected chi connectivity index (χ1v) is 10.3. The molecule has 0 N–H and O–H groups in total. The smallest absolute Gasteiger partial charge is 0.416 e. The quantitative estimate of drug-likeness (QED) is 0.585. The van der Waals surface area contributed by atoms with Crippen LogP contribution in [0.1, 0.15) is 44.7 Å². The maximum atomic E-state index is 13.2. The SMILES string of the molecule is CC(C)(C)OC(=O)C1(Oc2ccc(C(F)(F)F)cc2)CCCN(Cc2ccccc2)C1. The van der Waals surface area contributed by atoms with Gasteiger partial charge in [-0.2, -0.15) is 13.2 Å². The zero-order valence-corrected chi connectivity index (χ0v) is 18.0. The molecule has 0 saturated carbocycles. The summed E-state index contributed by atoms with van der Waals surface area (Å²) in [5, 5.41) is 0. The minimum Gasteiger partial charge on any atom is -0.474 e. The van der Waals surface area contributed by atoms with Crippen LogP contribution in [0.15, 0.2) is 54.6 Å². The minimum atomic E-state index is -4.43. The Kier molecular flexibility index (Phi) is 6.65. The monoisotopic (exact) mass is 435 g/mol. The number of halogens is 3. The maximum absolute atomic E-state index is 13.2. The number of carbonyl (C=O) groups is 1. The molecule has 0 aliphatic carbocycles. The lowest BCUT2D eigenvalue weighted by molar-refractivity contribution is -0.179. The Hall–Kier alpha value is -2.54. The standard InChI is InChI=1S/C24H28F3NO3/c1-22(2,3)31-21(29)23(30-20-12-10-19(11-13-20)24(25,26)27)14-7-15-28(17-23)16-18-8-5-4-6-9-18/h4-6,8-13H,7,14-17H2,1-3H3. The number of nitrogens with zero attached hydrogens (tertiary/aromatic N) is 1. The van der Waals surface area contributed by atoms with E-state index in [9.17, 15) is 18.0 Å². The van der Waals surface area contributed by atoms with E-state index >= 15 is 0 Å². The van der Waals surface area contributed by atoms with E-state index in [2.05, 4.69) is 4.90 Å². The molecule has 0 radical (unpaired) electrons. The van der Waals surface area contributed by atoms with Crippen molar-refractivity contribution < 1.29 is 27.4 Å². The van der Waals surface area contributed by atoms with Crippen LogP contribution < -0.4 is 4.74 Å². The second-order valence-electron chi connectivity index (χ2n) is 8.92. The van der Waals surface area contributed by atoms with Crippen molar-refractivity contribution in [1.29, 1.82) is 0 Å². The lowest BCUT2D eigenvalue weighted by Crippen LogP contribution is -2.58. The number of alkyl halides is 3. The van der Waals surface area contributed by atoms with Crippen molar-refractivity contribution >= 4 is 5.97 Å². The van der Waals surface area contributed by atoms with Gasteiger partial charge in [-0.05, 0) is 63.6 Å². The van der Waals surface area contributed by atoms with Crippen LogP contribution in [-0.4, -0.2) is 35.2 Å². The van der Waals surface area contributed by atoms with Gasteiger partial charge in [-0.15, -0.1) is 0 Å². The molecule has 0 amide bonds. The van der Waals surface area contributed by atoms with Crippen molar-refractivity contribution in [3.8, 4) is 5.75 Å². The Morgan fingerprint density at radius 3 is 2.26 bits per heavy atom. The van der Waals surface area contributed by atoms with Crippen LogP contribution >= 0.6 is 0 Å². The van der Waals surface area contributed by atoms with Gasteiger partial charge in [0.2, 0.25) is 5.60 Å². The fourth-order valence-corrected chi connectivity index (χ4v) is 3.68. The highest BCUT2D eigenvalue weighted by molar-refractivity contribution is 5.81. The molecule has 31 heavy (non-hydrogen) atoms. The Bertz CT molecular complexity index is 876. The highest BCUT2D eigenvalue weighted by Gasteiger charge is 2.47. The average Bonchev–Trinajstić information content (AvgIpc) is 2.67. The largest absolute Gasteiger partial charge is 0.474 e. The summed E-state index contributed by atoms with van der Waals surface area (Å²) in [6.07, 6.45) is -3.31. The average molecular weight is 435 g/mol. The van der Waals surface area contributed by atoms with Gasteiger partial charge in [-0.3, -0.25) is 4.90 Å². The molecule has 2 aromatic rings. The van der Waals surface area contributed by atoms with Crippen LogP contribution in [-0.2, 0) is 22.3 Å². The van der Waals surface area contributed by atoms with E-state index in [1.165, 1.54) is 12.1 Å². The molecule has 7 heteroatoms. The van der Waals surface area contributed by atoms with Crippen LogP contribution in [0.3, 0.4) is 0 Å². The van der Waals surface area contributed by atoms with E-state index in [0.29, 0.717) is 19.4 Å². The molecule has 1 fully saturated rings. The van der Waals surface area contributed by atoms with E-state index in [0.717, 1.165) is 24.2 Å². The molecule has 4 nitrogen and oxygen atoms in total. The Labute approximate surface area is 181 Å². The van der Waals surface area contributed by atoms with E-state index in [-0.39, 0.29) is 12.3 Å². The number of rotatable bonds is 5. The third-order valence-corrected chi connectivity index (χ3v) is 5.05. The predicted molar refractivity (Wildman–Crippen MR) is 112 cm³/mol. The van der Waals surface area contributed by atoms with E-state index in [1.54, 1.807) is 20.8 Å². The van der Waals surface area contributed by atoms with Gasteiger partial charge in [-0.25, -0.2) is 4.79 Å². The first kappa shape index (κ1) is 23.1. The van der Waals surface area contributed by atoms with Crippen LogP contribution in [0.4, 0.5) is 13.2 Å². The minimum absolute atomic E-state index is 0.209. The number of likely N-dealkylation sites (tertiary alicyclic amines) is 1. The first-order chi connectivity index (χ1) is 14.5. The number of carbonyl (C=O) groups excluding carboxylic acids is 1. The Morgan fingerprint density at radius 2 is 1.68 bits per heavy atom. The Morgan fingerprint density at radius 1 is 1.03 bits per heavy atom. The van der Waals surface area contributed by atoms with Gasteiger partial charge < -0.3 is 9.47 Å². The highest BCUT2D eigenvalue weighted by atomic mass is 19.4. The van der Waals surface area contributed by atoms with Gasteiger partial charge in [0.05, 0.1) is 5.56 Å². The predicted octanol–water partition coefficient (Wildman–Crippen LogP) is 5.46. The normalized spacial score (nSPS) is 20.3. The topological polar surface area (TPSA) is 38.8 Å². The fraction of sp³-hybridized carbons (Fsp3) is 0.458. The van der Waals surface area contributed by atoms with Crippen LogP contribution in [0.25, 0.3) is 0 Å². The van der Waals surface area contributed by atoms with Gasteiger partial charge in [-0.1, -0.05) is 30.3 Å². The second kappa shape index (κ2) is 8.91. The van der Waals surface area contributed by atoms with Gasteiger partial charge in [0.15, 0.2) is 0 Å². The van der Waals surface area contributed by atoms with Crippen LogP contribution in [0.2, 0.25) is 0 Å². The summed E-state index contributed by atoms with van der Waals surface area (Å²) in [4.78, 5) is 15.3. The molecule has 1 saturated heterocycles. The number of hydrogen-bond donors (Lipinski definition) is 0. The molecular weight excluding hydrogens is 407 g/mol. The zero-order chi connectivity index (χ0) is 22.7. The van der Waals surface area contributed by atoms with Crippen molar-refractivity contribution in [3.63, 3.8) is 0 Å². The molecule has 0 spiro atoms. The molecule has 1 heterocycles. The van der Waals surface area contributed by atoms with Crippen LogP contribution in [0.5, 0.6) is 5.75 Å². The zero-order valence-electron chi connectivity index (χ0n) is 18.0. The van der Waals surface area contributed by atoms with E-state index < -0.39 is 28.9 Å². The molecule has 0 aromatic heterocycles. The molecule has 2 aromatic carbocycles. The van der Waals surface area contributed by atoms with E-state index in [4.69, 9.17) is 9.47 Å². The summed E-state index contributed by atoms with van der Waals surface area (Å²) in [5.41, 5.74) is -1.66. The van der Waals surface area contributed by atoms with E-state index in [1.807, 2.05) is 30.3 Å². The lowest BCUT2D eigenvalue weighted by Gasteiger charge is -2.42. The van der Waals surface area contributed by atoms with Crippen molar-refractivity contribution in [2.75, 3.05) is 13.1 Å². The number of ether oxygens (including phenoxy) is 2. The second-order valence-corrected chi connectivity index (χ2v) is 8.92. The van der Waals surface area contributed by atoms with Crippen molar-refractivity contribution in [1.82, 2.24) is 4.90 Å². The molecule has 1 aliphatic heterocycles. The highest BCUT2D eigenvalue weighted by Crippen LogP contribution is 2.34. The lowest BCUT2D eigenvalue weighted by atomic mass is 9.91. The molecule has 3 rings (SSSR count).